The molecule has 0 aliphatic carbocycles. The van der Waals surface area contributed by atoms with Crippen LogP contribution in [-0.4, -0.2) is 12.6 Å². The molecule has 1 unspecified atom stereocenters. The minimum absolute atomic E-state index is 0.246. The lowest BCUT2D eigenvalue weighted by molar-refractivity contribution is 0.359. The lowest BCUT2D eigenvalue weighted by Gasteiger charge is -2.07. The van der Waals surface area contributed by atoms with Crippen molar-refractivity contribution >= 4 is 11.6 Å². The third-order valence-corrected chi connectivity index (χ3v) is 2.32. The fourth-order valence-electron chi connectivity index (χ4n) is 1.31. The molecule has 16 heavy (non-hydrogen) atoms. The average Bonchev–Trinajstić information content (AvgIpc) is 2.25. The van der Waals surface area contributed by atoms with Crippen LogP contribution in [0.5, 0.6) is 5.75 Å². The van der Waals surface area contributed by atoms with Crippen LogP contribution in [0.2, 0.25) is 0 Å². The molecule has 3 heteroatoms. The molecule has 1 aromatic rings. The second kappa shape index (κ2) is 6.56. The number of benzene rings is 1. The van der Waals surface area contributed by atoms with Crippen molar-refractivity contribution in [2.75, 3.05) is 6.61 Å². The number of hydrogen-bond donors (Lipinski definition) is 1. The Bertz CT molecular complexity index is 332. The van der Waals surface area contributed by atoms with Crippen LogP contribution < -0.4 is 10.5 Å². The van der Waals surface area contributed by atoms with E-state index in [1.54, 1.807) is 0 Å². The molecule has 0 aromatic heterocycles. The van der Waals surface area contributed by atoms with Crippen LogP contribution in [0.3, 0.4) is 0 Å². The monoisotopic (exact) mass is 239 g/mol. The van der Waals surface area contributed by atoms with Crippen molar-refractivity contribution in [1.29, 1.82) is 0 Å². The fraction of sp³-hybridized carbons (Fsp3) is 0.385. The zero-order valence-electron chi connectivity index (χ0n) is 9.58. The number of hydrogen-bond acceptors (Lipinski definition) is 2. The van der Waals surface area contributed by atoms with E-state index in [9.17, 15) is 0 Å². The molecule has 0 heterocycles. The zero-order valence-corrected chi connectivity index (χ0v) is 10.3. The van der Waals surface area contributed by atoms with E-state index in [2.05, 4.69) is 18.7 Å². The van der Waals surface area contributed by atoms with E-state index < -0.39 is 0 Å². The van der Waals surface area contributed by atoms with Gasteiger partial charge in [0.1, 0.15) is 12.4 Å². The molecule has 88 valence electrons. The highest BCUT2D eigenvalue weighted by Crippen LogP contribution is 2.14. The molecule has 2 nitrogen and oxygen atoms in total. The van der Waals surface area contributed by atoms with Gasteiger partial charge in [-0.1, -0.05) is 30.3 Å². The zero-order chi connectivity index (χ0) is 12.0. The quantitative estimate of drug-likeness (QED) is 0.828. The molecule has 1 rings (SSSR count). The molecule has 0 aliphatic heterocycles. The van der Waals surface area contributed by atoms with Gasteiger partial charge in [0.25, 0.3) is 0 Å². The van der Waals surface area contributed by atoms with Crippen molar-refractivity contribution in [3.8, 4) is 5.75 Å². The maximum absolute atomic E-state index is 5.70. The van der Waals surface area contributed by atoms with Gasteiger partial charge in [0.2, 0.25) is 0 Å². The van der Waals surface area contributed by atoms with Crippen molar-refractivity contribution in [3.63, 3.8) is 0 Å². The SMILES string of the molecule is C=C(Cl)COc1ccc(CCC(C)N)cc1. The smallest absolute Gasteiger partial charge is 0.123 e. The van der Waals surface area contributed by atoms with E-state index in [1.807, 2.05) is 19.1 Å². The number of rotatable bonds is 6. The molecule has 0 fully saturated rings. The summed E-state index contributed by atoms with van der Waals surface area (Å²) < 4.78 is 5.39. The molecule has 1 aromatic carbocycles. The Morgan fingerprint density at radius 3 is 2.56 bits per heavy atom. The van der Waals surface area contributed by atoms with Gasteiger partial charge in [-0.25, -0.2) is 0 Å². The topological polar surface area (TPSA) is 35.2 Å². The second-order valence-corrected chi connectivity index (χ2v) is 4.50. The first kappa shape index (κ1) is 13.1. The third kappa shape index (κ3) is 5.19. The summed E-state index contributed by atoms with van der Waals surface area (Å²) in [5, 5.41) is 0.501. The van der Waals surface area contributed by atoms with Crippen LogP contribution in [0.1, 0.15) is 18.9 Å². The van der Waals surface area contributed by atoms with Gasteiger partial charge in [0.15, 0.2) is 0 Å². The Morgan fingerprint density at radius 2 is 2.06 bits per heavy atom. The Labute approximate surface area is 102 Å². The molecule has 0 amide bonds. The van der Waals surface area contributed by atoms with Gasteiger partial charge in [0.05, 0.1) is 0 Å². The predicted molar refractivity (Wildman–Crippen MR) is 68.9 cm³/mol. The van der Waals surface area contributed by atoms with Gasteiger partial charge in [-0.2, -0.15) is 0 Å². The minimum atomic E-state index is 0.246. The summed E-state index contributed by atoms with van der Waals surface area (Å²) >= 11 is 5.61. The van der Waals surface area contributed by atoms with Gasteiger partial charge < -0.3 is 10.5 Å². The fourth-order valence-corrected chi connectivity index (χ4v) is 1.36. The van der Waals surface area contributed by atoms with Crippen molar-refractivity contribution in [2.45, 2.75) is 25.8 Å². The van der Waals surface area contributed by atoms with Gasteiger partial charge in [-0.05, 0) is 37.5 Å². The summed E-state index contributed by atoms with van der Waals surface area (Å²) in [6.45, 7) is 5.93. The molecule has 0 bridgehead atoms. The highest BCUT2D eigenvalue weighted by atomic mass is 35.5. The minimum Gasteiger partial charge on any atom is -0.488 e. The van der Waals surface area contributed by atoms with Gasteiger partial charge in [-0.3, -0.25) is 0 Å². The predicted octanol–water partition coefficient (Wildman–Crippen LogP) is 3.10. The molecular formula is C13H18ClNO. The first-order valence-corrected chi connectivity index (χ1v) is 5.76. The van der Waals surface area contributed by atoms with E-state index in [0.717, 1.165) is 18.6 Å². The Balaban J connectivity index is 2.44. The maximum atomic E-state index is 5.70. The molecule has 0 spiro atoms. The average molecular weight is 240 g/mol. The normalized spacial score (nSPS) is 12.2. The van der Waals surface area contributed by atoms with E-state index in [4.69, 9.17) is 22.1 Å². The summed E-state index contributed by atoms with van der Waals surface area (Å²) in [5.74, 6) is 0.811. The molecule has 0 saturated heterocycles. The Morgan fingerprint density at radius 1 is 1.44 bits per heavy atom. The van der Waals surface area contributed by atoms with Crippen LogP contribution >= 0.6 is 11.6 Å². The standard InChI is InChI=1S/C13H18ClNO/c1-10(14)9-16-13-7-5-12(6-8-13)4-3-11(2)15/h5-8,11H,1,3-4,9,15H2,2H3. The summed E-state index contributed by atoms with van der Waals surface area (Å²) in [7, 11) is 0. The van der Waals surface area contributed by atoms with Crippen LogP contribution in [0.15, 0.2) is 35.9 Å². The molecule has 1 atom stereocenters. The first-order valence-electron chi connectivity index (χ1n) is 5.38. The van der Waals surface area contributed by atoms with Gasteiger partial charge in [0, 0.05) is 11.1 Å². The Hall–Kier alpha value is -0.990. The van der Waals surface area contributed by atoms with Crippen LogP contribution in [0.25, 0.3) is 0 Å². The summed E-state index contributed by atoms with van der Waals surface area (Å²) in [6.07, 6.45) is 2.00. The number of ether oxygens (including phenoxy) is 1. The first-order chi connectivity index (χ1) is 7.58. The van der Waals surface area contributed by atoms with Crippen LogP contribution in [0.4, 0.5) is 0 Å². The third-order valence-electron chi connectivity index (χ3n) is 2.21. The van der Waals surface area contributed by atoms with Crippen molar-refractivity contribution in [2.24, 2.45) is 5.73 Å². The number of halogens is 1. The van der Waals surface area contributed by atoms with E-state index in [-0.39, 0.29) is 6.04 Å². The van der Waals surface area contributed by atoms with Crippen molar-refractivity contribution in [3.05, 3.63) is 41.4 Å². The highest BCUT2D eigenvalue weighted by Gasteiger charge is 1.98. The maximum Gasteiger partial charge on any atom is 0.123 e. The molecular weight excluding hydrogens is 222 g/mol. The number of aryl methyl sites for hydroxylation is 1. The summed E-state index contributed by atoms with van der Waals surface area (Å²) in [6, 6.07) is 8.23. The number of nitrogens with two attached hydrogens (primary N) is 1. The van der Waals surface area contributed by atoms with E-state index in [0.29, 0.717) is 11.6 Å². The summed E-state index contributed by atoms with van der Waals surface area (Å²) in [5.41, 5.74) is 6.97. The van der Waals surface area contributed by atoms with E-state index >= 15 is 0 Å². The molecule has 0 radical (unpaired) electrons. The largest absolute Gasteiger partial charge is 0.488 e. The van der Waals surface area contributed by atoms with E-state index in [1.165, 1.54) is 5.56 Å². The second-order valence-electron chi connectivity index (χ2n) is 3.97. The summed E-state index contributed by atoms with van der Waals surface area (Å²) in [4.78, 5) is 0. The van der Waals surface area contributed by atoms with Gasteiger partial charge >= 0.3 is 0 Å². The van der Waals surface area contributed by atoms with Crippen LogP contribution in [0, 0.1) is 0 Å². The molecule has 0 aliphatic rings. The van der Waals surface area contributed by atoms with Crippen LogP contribution in [-0.2, 0) is 6.42 Å². The van der Waals surface area contributed by atoms with Crippen molar-refractivity contribution < 1.29 is 4.74 Å². The lowest BCUT2D eigenvalue weighted by Crippen LogP contribution is -2.15. The Kier molecular flexibility index (Phi) is 5.36. The lowest BCUT2D eigenvalue weighted by atomic mass is 10.1. The molecule has 0 saturated carbocycles. The van der Waals surface area contributed by atoms with Crippen molar-refractivity contribution in [1.82, 2.24) is 0 Å². The highest BCUT2D eigenvalue weighted by molar-refractivity contribution is 6.29. The van der Waals surface area contributed by atoms with Gasteiger partial charge in [-0.15, -0.1) is 0 Å². The molecule has 2 N–H and O–H groups in total.